The summed E-state index contributed by atoms with van der Waals surface area (Å²) >= 11 is 0. The number of phosphoric ester groups is 2. The van der Waals surface area contributed by atoms with Gasteiger partial charge in [-0.05, 0) is 43.4 Å². The third-order valence-electron chi connectivity index (χ3n) is 17.1. The van der Waals surface area contributed by atoms with Crippen LogP contribution in [0.2, 0.25) is 0 Å². The standard InChI is InChI=1S/C74H144O17P2/c1-8-9-10-11-12-13-18-27-34-41-48-55-71(76)84-62-70(91-74(79)58-51-44-37-30-23-26-33-40-47-54-67(6)7)64-89-93(82,83)87-60-68(75)59-86-92(80,81)88-63-69(61-85-72(77)56-49-42-35-28-22-17-20-25-32-39-46-53-66(4)5)90-73(78)57-50-43-36-29-21-16-14-15-19-24-31-38-45-52-65(2)3/h65-70,75H,8-64H2,1-7H3,(H,80,81)(H,82,83)/t68-,69-,70-/m1/s1. The number of aliphatic hydroxyl groups is 1. The number of phosphoric acid groups is 2. The Bertz CT molecular complexity index is 1820. The van der Waals surface area contributed by atoms with E-state index in [4.69, 9.17) is 37.0 Å². The number of hydrogen-bond donors (Lipinski definition) is 3. The molecule has 552 valence electrons. The second-order valence-corrected chi connectivity index (χ2v) is 31.0. The van der Waals surface area contributed by atoms with Crippen molar-refractivity contribution in [2.45, 2.75) is 394 Å². The fourth-order valence-electron chi connectivity index (χ4n) is 11.2. The van der Waals surface area contributed by atoms with E-state index in [1.54, 1.807) is 0 Å². The van der Waals surface area contributed by atoms with Gasteiger partial charge in [0.1, 0.15) is 19.3 Å². The maximum Gasteiger partial charge on any atom is 0.472 e. The Morgan fingerprint density at radius 3 is 0.731 bits per heavy atom. The lowest BCUT2D eigenvalue weighted by Gasteiger charge is -2.21. The van der Waals surface area contributed by atoms with Crippen LogP contribution >= 0.6 is 15.6 Å². The summed E-state index contributed by atoms with van der Waals surface area (Å²) < 4.78 is 68.5. The van der Waals surface area contributed by atoms with Gasteiger partial charge in [0.15, 0.2) is 12.2 Å². The number of esters is 4. The molecule has 0 aromatic carbocycles. The van der Waals surface area contributed by atoms with Crippen molar-refractivity contribution in [3.8, 4) is 0 Å². The lowest BCUT2D eigenvalue weighted by molar-refractivity contribution is -0.161. The molecule has 0 spiro atoms. The van der Waals surface area contributed by atoms with Gasteiger partial charge in [-0.25, -0.2) is 9.13 Å². The van der Waals surface area contributed by atoms with Crippen molar-refractivity contribution >= 4 is 39.5 Å². The van der Waals surface area contributed by atoms with Crippen LogP contribution in [0.25, 0.3) is 0 Å². The molecule has 0 aliphatic rings. The predicted octanol–water partition coefficient (Wildman–Crippen LogP) is 21.4. The Labute approximate surface area is 568 Å². The molecule has 0 heterocycles. The molecule has 19 heteroatoms. The van der Waals surface area contributed by atoms with Crippen molar-refractivity contribution in [1.29, 1.82) is 0 Å². The Hall–Kier alpha value is -1.94. The molecule has 0 fully saturated rings. The first-order chi connectivity index (χ1) is 44.7. The van der Waals surface area contributed by atoms with Crippen molar-refractivity contribution < 1.29 is 80.2 Å². The van der Waals surface area contributed by atoms with Gasteiger partial charge in [0.2, 0.25) is 0 Å². The highest BCUT2D eigenvalue weighted by Crippen LogP contribution is 2.45. The molecule has 0 radical (unpaired) electrons. The fraction of sp³-hybridized carbons (Fsp3) is 0.946. The molecular weight excluding hydrogens is 1220 g/mol. The smallest absolute Gasteiger partial charge is 0.462 e. The zero-order valence-corrected chi connectivity index (χ0v) is 62.5. The van der Waals surface area contributed by atoms with E-state index in [9.17, 15) is 43.2 Å². The second kappa shape index (κ2) is 64.7. The van der Waals surface area contributed by atoms with Gasteiger partial charge in [0.05, 0.1) is 26.4 Å². The summed E-state index contributed by atoms with van der Waals surface area (Å²) in [5.41, 5.74) is 0. The lowest BCUT2D eigenvalue weighted by atomic mass is 10.0. The molecule has 0 bridgehead atoms. The average molecular weight is 1370 g/mol. The first-order valence-electron chi connectivity index (χ1n) is 38.3. The highest BCUT2D eigenvalue weighted by Gasteiger charge is 2.30. The first-order valence-corrected chi connectivity index (χ1v) is 41.3. The molecule has 93 heavy (non-hydrogen) atoms. The van der Waals surface area contributed by atoms with E-state index in [0.29, 0.717) is 25.7 Å². The molecule has 0 saturated carbocycles. The van der Waals surface area contributed by atoms with E-state index in [1.165, 1.54) is 186 Å². The number of carbonyl (C=O) groups excluding carboxylic acids is 4. The van der Waals surface area contributed by atoms with Crippen LogP contribution in [-0.2, 0) is 65.4 Å². The SMILES string of the molecule is CCCCCCCCCCCCCC(=O)OC[C@H](COP(=O)(O)OC[C@H](O)COP(=O)(O)OC[C@@H](COC(=O)CCCCCCCCCCCCCC(C)C)OC(=O)CCCCCCCCCCCCCCCC(C)C)OC(=O)CCCCCCCCCCCC(C)C. The summed E-state index contributed by atoms with van der Waals surface area (Å²) in [5, 5.41) is 10.6. The number of rotatable bonds is 72. The van der Waals surface area contributed by atoms with Gasteiger partial charge >= 0.3 is 39.5 Å². The van der Waals surface area contributed by atoms with Crippen LogP contribution in [0.4, 0.5) is 0 Å². The van der Waals surface area contributed by atoms with Crippen LogP contribution < -0.4 is 0 Å². The molecule has 0 aromatic heterocycles. The molecule has 0 saturated heterocycles. The Balaban J connectivity index is 5.26. The van der Waals surface area contributed by atoms with Crippen molar-refractivity contribution in [2.75, 3.05) is 39.6 Å². The largest absolute Gasteiger partial charge is 0.472 e. The molecule has 0 rings (SSSR count). The van der Waals surface area contributed by atoms with Crippen LogP contribution in [0, 0.1) is 17.8 Å². The molecule has 5 atom stereocenters. The molecule has 0 aliphatic heterocycles. The Morgan fingerprint density at radius 2 is 0.495 bits per heavy atom. The van der Waals surface area contributed by atoms with E-state index < -0.39 is 97.5 Å². The molecule has 2 unspecified atom stereocenters. The summed E-state index contributed by atoms with van der Waals surface area (Å²) in [5.74, 6) is 0.174. The summed E-state index contributed by atoms with van der Waals surface area (Å²) in [6.07, 6.45) is 49.8. The minimum atomic E-state index is -4.96. The molecule has 17 nitrogen and oxygen atoms in total. The molecule has 0 aromatic rings. The molecule has 3 N–H and O–H groups in total. The van der Waals surface area contributed by atoms with Crippen molar-refractivity contribution in [3.05, 3.63) is 0 Å². The molecule has 0 amide bonds. The van der Waals surface area contributed by atoms with E-state index in [1.807, 2.05) is 0 Å². The maximum absolute atomic E-state index is 13.1. The van der Waals surface area contributed by atoms with Gasteiger partial charge in [-0.15, -0.1) is 0 Å². The van der Waals surface area contributed by atoms with Crippen molar-refractivity contribution in [1.82, 2.24) is 0 Å². The Kier molecular flexibility index (Phi) is 63.4. The number of carbonyl (C=O) groups is 4. The maximum atomic E-state index is 13.1. The van der Waals surface area contributed by atoms with Gasteiger partial charge < -0.3 is 33.8 Å². The summed E-state index contributed by atoms with van der Waals surface area (Å²) in [6, 6.07) is 0. The third kappa shape index (κ3) is 68.4. The van der Waals surface area contributed by atoms with Crippen LogP contribution in [0.5, 0.6) is 0 Å². The lowest BCUT2D eigenvalue weighted by Crippen LogP contribution is -2.30. The quantitative estimate of drug-likeness (QED) is 0.0222. The van der Waals surface area contributed by atoms with Gasteiger partial charge in [0, 0.05) is 25.7 Å². The molecular formula is C74H144O17P2. The highest BCUT2D eigenvalue weighted by atomic mass is 31.2. The van der Waals surface area contributed by atoms with Gasteiger partial charge in [0.25, 0.3) is 0 Å². The first kappa shape index (κ1) is 91.1. The summed E-state index contributed by atoms with van der Waals surface area (Å²) in [7, 11) is -9.91. The van der Waals surface area contributed by atoms with Crippen LogP contribution in [0.1, 0.15) is 376 Å². The van der Waals surface area contributed by atoms with Crippen molar-refractivity contribution in [3.63, 3.8) is 0 Å². The predicted molar refractivity (Wildman–Crippen MR) is 377 cm³/mol. The van der Waals surface area contributed by atoms with E-state index in [0.717, 1.165) is 108 Å². The van der Waals surface area contributed by atoms with Gasteiger partial charge in [-0.3, -0.25) is 37.3 Å². The summed E-state index contributed by atoms with van der Waals surface area (Å²) in [6.45, 7) is 11.9. The summed E-state index contributed by atoms with van der Waals surface area (Å²) in [4.78, 5) is 72.7. The number of ether oxygens (including phenoxy) is 4. The van der Waals surface area contributed by atoms with Gasteiger partial charge in [-0.1, -0.05) is 325 Å². The van der Waals surface area contributed by atoms with Crippen molar-refractivity contribution in [2.24, 2.45) is 17.8 Å². The number of aliphatic hydroxyl groups excluding tert-OH is 1. The number of hydrogen-bond acceptors (Lipinski definition) is 15. The average Bonchev–Trinajstić information content (AvgIpc) is 2.93. The van der Waals surface area contributed by atoms with E-state index in [-0.39, 0.29) is 25.7 Å². The third-order valence-corrected chi connectivity index (χ3v) is 19.0. The Morgan fingerprint density at radius 1 is 0.290 bits per heavy atom. The van der Waals surface area contributed by atoms with Crippen LogP contribution in [0.15, 0.2) is 0 Å². The van der Waals surface area contributed by atoms with Gasteiger partial charge in [-0.2, -0.15) is 0 Å². The van der Waals surface area contributed by atoms with E-state index in [2.05, 4.69) is 48.5 Å². The minimum absolute atomic E-state index is 0.105. The minimum Gasteiger partial charge on any atom is -0.462 e. The van der Waals surface area contributed by atoms with E-state index >= 15 is 0 Å². The second-order valence-electron chi connectivity index (χ2n) is 28.1. The van der Waals surface area contributed by atoms with Crippen LogP contribution in [-0.4, -0.2) is 96.7 Å². The molecule has 0 aliphatic carbocycles. The zero-order valence-electron chi connectivity index (χ0n) is 60.7. The topological polar surface area (TPSA) is 237 Å². The fourth-order valence-corrected chi connectivity index (χ4v) is 12.8. The monoisotopic (exact) mass is 1370 g/mol. The normalized spacial score (nSPS) is 14.1. The van der Waals surface area contributed by atoms with Crippen LogP contribution in [0.3, 0.4) is 0 Å². The highest BCUT2D eigenvalue weighted by molar-refractivity contribution is 7.47. The zero-order chi connectivity index (χ0) is 68.7. The number of unbranched alkanes of at least 4 members (excludes halogenated alkanes) is 40.